The van der Waals surface area contributed by atoms with Gasteiger partial charge in [0.25, 0.3) is 0 Å². The van der Waals surface area contributed by atoms with Crippen LogP contribution >= 0.6 is 11.8 Å². The van der Waals surface area contributed by atoms with Crippen molar-refractivity contribution in [1.82, 2.24) is 4.90 Å². The van der Waals surface area contributed by atoms with E-state index in [1.807, 2.05) is 17.8 Å². The second-order valence-corrected chi connectivity index (χ2v) is 7.79. The Morgan fingerprint density at radius 1 is 1.24 bits per heavy atom. The number of amides is 1. The molecule has 2 aliphatic rings. The predicted octanol–water partition coefficient (Wildman–Crippen LogP) is 4.07. The molecule has 0 aromatic heterocycles. The van der Waals surface area contributed by atoms with Crippen LogP contribution in [0.5, 0.6) is 0 Å². The van der Waals surface area contributed by atoms with Gasteiger partial charge in [0.05, 0.1) is 5.88 Å². The van der Waals surface area contributed by atoms with E-state index in [4.69, 9.17) is 0 Å². The molecule has 0 aliphatic carbocycles. The highest BCUT2D eigenvalue weighted by Crippen LogP contribution is 2.34. The molecule has 0 saturated carbocycles. The molecule has 0 atom stereocenters. The van der Waals surface area contributed by atoms with Gasteiger partial charge in [-0.25, -0.2) is 0 Å². The molecule has 0 radical (unpaired) electrons. The van der Waals surface area contributed by atoms with Crippen LogP contribution in [-0.2, 0) is 24.3 Å². The first-order valence-electron chi connectivity index (χ1n) is 8.79. The lowest BCUT2D eigenvalue weighted by Crippen LogP contribution is -2.22. The Hall–Kier alpha value is -1.98. The highest BCUT2D eigenvalue weighted by atomic mass is 32.2. The molecule has 2 heterocycles. The number of carbonyl (C=O) groups is 1. The van der Waals surface area contributed by atoms with Crippen molar-refractivity contribution in [3.8, 4) is 0 Å². The topological polar surface area (TPSA) is 44.4 Å². The first-order chi connectivity index (χ1) is 12.2. The van der Waals surface area contributed by atoms with Crippen LogP contribution in [0.4, 0.5) is 11.4 Å². The van der Waals surface area contributed by atoms with Gasteiger partial charge in [0.1, 0.15) is 0 Å². The standard InChI is InChI=1S/C20H23N3OS/c1-14(24)22-18-6-5-17-12-23(8-2-3-16(17)10-18)11-15-4-7-20-19(9-15)21-13-25-20/h4-7,9-10,21H,2-3,8,11-13H2,1H3,(H,22,24). The number of aryl methyl sites for hydroxylation is 1. The second kappa shape index (κ2) is 7.10. The summed E-state index contributed by atoms with van der Waals surface area (Å²) < 4.78 is 0. The number of nitrogens with zero attached hydrogens (tertiary/aromatic N) is 1. The lowest BCUT2D eigenvalue weighted by Gasteiger charge is -2.21. The van der Waals surface area contributed by atoms with E-state index >= 15 is 0 Å². The number of anilines is 2. The van der Waals surface area contributed by atoms with Gasteiger partial charge in [-0.15, -0.1) is 11.8 Å². The Labute approximate surface area is 153 Å². The molecule has 0 spiro atoms. The van der Waals surface area contributed by atoms with Gasteiger partial charge >= 0.3 is 0 Å². The number of carbonyl (C=O) groups excluding carboxylic acids is 1. The summed E-state index contributed by atoms with van der Waals surface area (Å²) in [6.07, 6.45) is 2.22. The van der Waals surface area contributed by atoms with Crippen molar-refractivity contribution in [2.24, 2.45) is 0 Å². The van der Waals surface area contributed by atoms with Crippen LogP contribution in [0.3, 0.4) is 0 Å². The summed E-state index contributed by atoms with van der Waals surface area (Å²) in [6.45, 7) is 4.60. The molecule has 0 unspecified atom stereocenters. The van der Waals surface area contributed by atoms with Gasteiger partial charge in [0, 0.05) is 36.3 Å². The van der Waals surface area contributed by atoms with Crippen LogP contribution in [0.15, 0.2) is 41.3 Å². The van der Waals surface area contributed by atoms with Gasteiger partial charge < -0.3 is 10.6 Å². The van der Waals surface area contributed by atoms with Crippen molar-refractivity contribution in [3.05, 3.63) is 53.1 Å². The van der Waals surface area contributed by atoms with E-state index in [2.05, 4.69) is 45.9 Å². The molecule has 130 valence electrons. The zero-order valence-corrected chi connectivity index (χ0v) is 15.3. The summed E-state index contributed by atoms with van der Waals surface area (Å²) in [5.74, 6) is 0.963. The van der Waals surface area contributed by atoms with Crippen LogP contribution in [0.25, 0.3) is 0 Å². The number of hydrogen-bond donors (Lipinski definition) is 2. The summed E-state index contributed by atoms with van der Waals surface area (Å²) in [4.78, 5) is 15.1. The highest BCUT2D eigenvalue weighted by Gasteiger charge is 2.17. The fourth-order valence-electron chi connectivity index (χ4n) is 3.63. The maximum Gasteiger partial charge on any atom is 0.221 e. The maximum absolute atomic E-state index is 11.3. The molecule has 4 rings (SSSR count). The van der Waals surface area contributed by atoms with Crippen molar-refractivity contribution in [2.75, 3.05) is 23.1 Å². The molecule has 2 aromatic carbocycles. The molecular weight excluding hydrogens is 330 g/mol. The van der Waals surface area contributed by atoms with E-state index in [-0.39, 0.29) is 5.91 Å². The Kier molecular flexibility index (Phi) is 4.68. The third-order valence-electron chi connectivity index (χ3n) is 4.78. The minimum absolute atomic E-state index is 0.0152. The van der Waals surface area contributed by atoms with Crippen molar-refractivity contribution in [2.45, 2.75) is 37.8 Å². The van der Waals surface area contributed by atoms with Crippen LogP contribution in [-0.4, -0.2) is 23.2 Å². The molecule has 0 bridgehead atoms. The molecule has 0 saturated heterocycles. The normalized spacial score (nSPS) is 16.5. The minimum Gasteiger partial charge on any atom is -0.375 e. The van der Waals surface area contributed by atoms with Crippen molar-refractivity contribution in [3.63, 3.8) is 0 Å². The molecule has 1 amide bonds. The smallest absolute Gasteiger partial charge is 0.221 e. The van der Waals surface area contributed by atoms with Gasteiger partial charge in [0.15, 0.2) is 0 Å². The van der Waals surface area contributed by atoms with Gasteiger partial charge in [0.2, 0.25) is 5.91 Å². The largest absolute Gasteiger partial charge is 0.375 e. The molecule has 4 nitrogen and oxygen atoms in total. The fourth-order valence-corrected chi connectivity index (χ4v) is 4.47. The number of hydrogen-bond acceptors (Lipinski definition) is 4. The SMILES string of the molecule is CC(=O)Nc1ccc2c(c1)CCCN(Cc1ccc3c(c1)NCS3)C2. The number of rotatable bonds is 3. The van der Waals surface area contributed by atoms with E-state index in [0.29, 0.717) is 0 Å². The first-order valence-corrected chi connectivity index (χ1v) is 9.77. The predicted molar refractivity (Wildman–Crippen MR) is 104 cm³/mol. The summed E-state index contributed by atoms with van der Waals surface area (Å²) in [5.41, 5.74) is 6.29. The van der Waals surface area contributed by atoms with Gasteiger partial charge in [-0.1, -0.05) is 12.1 Å². The Morgan fingerprint density at radius 3 is 3.04 bits per heavy atom. The van der Waals surface area contributed by atoms with Crippen LogP contribution < -0.4 is 10.6 Å². The van der Waals surface area contributed by atoms with Crippen molar-refractivity contribution in [1.29, 1.82) is 0 Å². The molecular formula is C20H23N3OS. The molecule has 5 heteroatoms. The van der Waals surface area contributed by atoms with Crippen LogP contribution in [0.2, 0.25) is 0 Å². The Bertz CT molecular complexity index is 806. The summed E-state index contributed by atoms with van der Waals surface area (Å²) in [7, 11) is 0. The van der Waals surface area contributed by atoms with Crippen molar-refractivity contribution >= 4 is 29.0 Å². The maximum atomic E-state index is 11.3. The molecule has 0 fully saturated rings. The van der Waals surface area contributed by atoms with Crippen molar-refractivity contribution < 1.29 is 4.79 Å². The molecule has 2 aromatic rings. The van der Waals surface area contributed by atoms with E-state index < -0.39 is 0 Å². The average molecular weight is 353 g/mol. The number of nitrogens with one attached hydrogen (secondary N) is 2. The highest BCUT2D eigenvalue weighted by molar-refractivity contribution is 7.99. The lowest BCUT2D eigenvalue weighted by atomic mass is 10.0. The summed E-state index contributed by atoms with van der Waals surface area (Å²) >= 11 is 1.87. The van der Waals surface area contributed by atoms with E-state index in [1.54, 1.807) is 6.92 Å². The number of thioether (sulfide) groups is 1. The molecule has 2 N–H and O–H groups in total. The molecule has 25 heavy (non-hydrogen) atoms. The Balaban J connectivity index is 1.48. The number of fused-ring (bicyclic) bond motifs is 2. The van der Waals surface area contributed by atoms with Gasteiger partial charge in [-0.3, -0.25) is 9.69 Å². The van der Waals surface area contributed by atoms with E-state index in [1.165, 1.54) is 27.3 Å². The third-order valence-corrected chi connectivity index (χ3v) is 5.74. The van der Waals surface area contributed by atoms with Crippen LogP contribution in [0.1, 0.15) is 30.0 Å². The minimum atomic E-state index is -0.0152. The molecule has 2 aliphatic heterocycles. The first kappa shape index (κ1) is 16.5. The zero-order chi connectivity index (χ0) is 17.2. The Morgan fingerprint density at radius 2 is 2.16 bits per heavy atom. The average Bonchev–Trinajstić information content (AvgIpc) is 2.95. The summed E-state index contributed by atoms with van der Waals surface area (Å²) in [5, 5.41) is 6.33. The monoisotopic (exact) mass is 353 g/mol. The zero-order valence-electron chi connectivity index (χ0n) is 14.5. The second-order valence-electron chi connectivity index (χ2n) is 6.77. The van der Waals surface area contributed by atoms with E-state index in [0.717, 1.165) is 44.0 Å². The fraction of sp³-hybridized carbons (Fsp3) is 0.350. The van der Waals surface area contributed by atoms with Gasteiger partial charge in [-0.05, 0) is 60.3 Å². The van der Waals surface area contributed by atoms with Crippen LogP contribution in [0, 0.1) is 0 Å². The lowest BCUT2D eigenvalue weighted by molar-refractivity contribution is -0.114. The quantitative estimate of drug-likeness (QED) is 0.873. The third kappa shape index (κ3) is 3.83. The summed E-state index contributed by atoms with van der Waals surface area (Å²) in [6, 6.07) is 13.1. The van der Waals surface area contributed by atoms with Gasteiger partial charge in [-0.2, -0.15) is 0 Å². The van der Waals surface area contributed by atoms with E-state index in [9.17, 15) is 4.79 Å². The number of benzene rings is 2.